The highest BCUT2D eigenvalue weighted by atomic mass is 79.9. The van der Waals surface area contributed by atoms with Gasteiger partial charge in [0.25, 0.3) is 5.56 Å². The molecule has 0 saturated carbocycles. The Morgan fingerprint density at radius 3 is 2.51 bits per heavy atom. The number of aromatic nitrogens is 1. The maximum atomic E-state index is 14.3. The van der Waals surface area contributed by atoms with Crippen molar-refractivity contribution < 1.29 is 38.0 Å². The van der Waals surface area contributed by atoms with Gasteiger partial charge in [-0.3, -0.25) is 9.36 Å². The number of benzene rings is 3. The average molecular weight is 777 g/mol. The maximum absolute atomic E-state index is 14.3. The van der Waals surface area contributed by atoms with E-state index in [1.165, 1.54) is 30.1 Å². The van der Waals surface area contributed by atoms with Gasteiger partial charge in [-0.25, -0.2) is 14.6 Å². The number of esters is 2. The lowest BCUT2D eigenvalue weighted by atomic mass is 9.95. The van der Waals surface area contributed by atoms with Crippen LogP contribution in [0.1, 0.15) is 49.1 Å². The zero-order valence-corrected chi connectivity index (χ0v) is 30.9. The SMILES string of the molecule is CCOC(=O)C1=C(C)N=c2s/c(=C\c3cc(Br)c(OCc4ccccc4C#N)c(OC)c3)c(=O)n2[C@@H]1c1ccc(OCC(=O)OC)c(OCC)c1. The van der Waals surface area contributed by atoms with Gasteiger partial charge in [0.15, 0.2) is 34.4 Å². The first kappa shape index (κ1) is 36.9. The van der Waals surface area contributed by atoms with Crippen molar-refractivity contribution in [3.63, 3.8) is 0 Å². The van der Waals surface area contributed by atoms with Crippen LogP contribution in [0.5, 0.6) is 23.0 Å². The smallest absolute Gasteiger partial charge is 0.343 e. The van der Waals surface area contributed by atoms with Crippen molar-refractivity contribution in [1.82, 2.24) is 4.57 Å². The Morgan fingerprint density at radius 1 is 1.02 bits per heavy atom. The molecule has 0 N–H and O–H groups in total. The Kier molecular flexibility index (Phi) is 12.0. The van der Waals surface area contributed by atoms with E-state index in [2.05, 4.69) is 31.7 Å². The lowest BCUT2D eigenvalue weighted by molar-refractivity contribution is -0.143. The molecule has 0 bridgehead atoms. The van der Waals surface area contributed by atoms with Crippen LogP contribution in [0.2, 0.25) is 0 Å². The summed E-state index contributed by atoms with van der Waals surface area (Å²) in [6, 6.07) is 16.9. The number of rotatable bonds is 13. The lowest BCUT2D eigenvalue weighted by Gasteiger charge is -2.25. The number of ether oxygens (including phenoxy) is 6. The molecule has 0 unspecified atom stereocenters. The van der Waals surface area contributed by atoms with E-state index in [-0.39, 0.29) is 43.3 Å². The zero-order chi connectivity index (χ0) is 36.7. The van der Waals surface area contributed by atoms with Crippen molar-refractivity contribution in [2.24, 2.45) is 4.99 Å². The average Bonchev–Trinajstić information content (AvgIpc) is 3.43. The standard InChI is InChI=1S/C37H34BrN3O9S/c1-6-47-28-17-23(12-13-27(28)49-20-31(42)46-5)33-32(36(44)48-7-2)21(3)40-37-41(33)35(43)30(51-37)16-22-14-26(38)34(29(15-22)45-4)50-19-25-11-9-8-10-24(25)18-39/h8-17,33H,6-7,19-20H2,1-5H3/b30-16-/t33-/m1/s1. The highest BCUT2D eigenvalue weighted by molar-refractivity contribution is 9.10. The molecule has 0 spiro atoms. The summed E-state index contributed by atoms with van der Waals surface area (Å²) in [7, 11) is 2.77. The molecule has 1 aliphatic heterocycles. The van der Waals surface area contributed by atoms with Gasteiger partial charge in [-0.2, -0.15) is 5.26 Å². The summed E-state index contributed by atoms with van der Waals surface area (Å²) in [6.45, 7) is 5.42. The summed E-state index contributed by atoms with van der Waals surface area (Å²) in [4.78, 5) is 44.4. The van der Waals surface area contributed by atoms with E-state index in [1.54, 1.807) is 69.3 Å². The van der Waals surface area contributed by atoms with Gasteiger partial charge in [-0.1, -0.05) is 35.6 Å². The predicted octanol–water partition coefficient (Wildman–Crippen LogP) is 4.97. The molecule has 12 nitrogen and oxygen atoms in total. The molecule has 2 heterocycles. The first-order chi connectivity index (χ1) is 24.6. The van der Waals surface area contributed by atoms with Crippen molar-refractivity contribution in [3.05, 3.63) is 112 Å². The van der Waals surface area contributed by atoms with Crippen LogP contribution >= 0.6 is 27.3 Å². The molecular weight excluding hydrogens is 742 g/mol. The van der Waals surface area contributed by atoms with Crippen LogP contribution in [-0.4, -0.2) is 50.5 Å². The van der Waals surface area contributed by atoms with Crippen LogP contribution in [0, 0.1) is 11.3 Å². The topological polar surface area (TPSA) is 148 Å². The molecule has 4 aromatic rings. The molecule has 14 heteroatoms. The molecule has 1 aromatic heterocycles. The first-order valence-corrected chi connectivity index (χ1v) is 17.4. The number of carbonyl (C=O) groups is 2. The number of nitrogens with zero attached hydrogens (tertiary/aromatic N) is 3. The van der Waals surface area contributed by atoms with Gasteiger partial charge >= 0.3 is 11.9 Å². The second-order valence-electron chi connectivity index (χ2n) is 10.9. The van der Waals surface area contributed by atoms with E-state index in [0.29, 0.717) is 53.4 Å². The molecular formula is C37H34BrN3O9S. The van der Waals surface area contributed by atoms with Gasteiger partial charge in [0, 0.05) is 5.56 Å². The van der Waals surface area contributed by atoms with Gasteiger partial charge in [-0.15, -0.1) is 0 Å². The summed E-state index contributed by atoms with van der Waals surface area (Å²) in [5.41, 5.74) is 2.63. The van der Waals surface area contributed by atoms with E-state index in [9.17, 15) is 19.6 Å². The molecule has 1 atom stereocenters. The molecule has 0 fully saturated rings. The summed E-state index contributed by atoms with van der Waals surface area (Å²) < 4.78 is 35.7. The highest BCUT2D eigenvalue weighted by Gasteiger charge is 2.34. The first-order valence-electron chi connectivity index (χ1n) is 15.8. The largest absolute Gasteiger partial charge is 0.493 e. The summed E-state index contributed by atoms with van der Waals surface area (Å²) in [5.74, 6) is 0.276. The van der Waals surface area contributed by atoms with Crippen molar-refractivity contribution in [1.29, 1.82) is 5.26 Å². The van der Waals surface area contributed by atoms with Crippen LogP contribution < -0.4 is 33.8 Å². The molecule has 0 radical (unpaired) electrons. The van der Waals surface area contributed by atoms with E-state index >= 15 is 0 Å². The Bertz CT molecular complexity index is 2240. The van der Waals surface area contributed by atoms with E-state index in [0.717, 1.165) is 5.56 Å². The lowest BCUT2D eigenvalue weighted by Crippen LogP contribution is -2.40. The second kappa shape index (κ2) is 16.5. The van der Waals surface area contributed by atoms with Crippen molar-refractivity contribution in [2.75, 3.05) is 34.0 Å². The molecule has 51 heavy (non-hydrogen) atoms. The fourth-order valence-electron chi connectivity index (χ4n) is 5.40. The summed E-state index contributed by atoms with van der Waals surface area (Å²) >= 11 is 4.75. The number of hydrogen-bond acceptors (Lipinski definition) is 12. The second-order valence-corrected chi connectivity index (χ2v) is 12.8. The molecule has 3 aromatic carbocycles. The third-order valence-corrected chi connectivity index (χ3v) is 9.30. The van der Waals surface area contributed by atoms with Crippen molar-refractivity contribution in [2.45, 2.75) is 33.4 Å². The number of thiazole rings is 1. The van der Waals surface area contributed by atoms with Gasteiger partial charge < -0.3 is 28.4 Å². The molecule has 0 amide bonds. The number of hydrogen-bond donors (Lipinski definition) is 0. The molecule has 0 aliphatic carbocycles. The maximum Gasteiger partial charge on any atom is 0.343 e. The third kappa shape index (κ3) is 8.00. The van der Waals surface area contributed by atoms with Crippen LogP contribution in [-0.2, 0) is 25.7 Å². The third-order valence-electron chi connectivity index (χ3n) is 7.73. The van der Waals surface area contributed by atoms with E-state index < -0.39 is 18.0 Å². The highest BCUT2D eigenvalue weighted by Crippen LogP contribution is 2.38. The fraction of sp³-hybridized carbons (Fsp3) is 0.270. The van der Waals surface area contributed by atoms with E-state index in [4.69, 9.17) is 23.7 Å². The fourth-order valence-corrected chi connectivity index (χ4v) is 7.03. The quantitative estimate of drug-likeness (QED) is 0.171. The number of nitriles is 1. The Hall–Kier alpha value is -5.39. The molecule has 1 aliphatic rings. The zero-order valence-electron chi connectivity index (χ0n) is 28.5. The number of halogens is 1. The normalized spacial score (nSPS) is 13.8. The molecule has 5 rings (SSSR count). The van der Waals surface area contributed by atoms with Gasteiger partial charge in [0.2, 0.25) is 0 Å². The van der Waals surface area contributed by atoms with E-state index in [1.807, 2.05) is 12.1 Å². The number of methoxy groups -OCH3 is 2. The monoisotopic (exact) mass is 775 g/mol. The minimum atomic E-state index is -0.912. The number of fused-ring (bicyclic) bond motifs is 1. The van der Waals surface area contributed by atoms with Crippen molar-refractivity contribution in [3.8, 4) is 29.1 Å². The van der Waals surface area contributed by atoms with Crippen LogP contribution in [0.25, 0.3) is 6.08 Å². The molecule has 264 valence electrons. The van der Waals surface area contributed by atoms with Crippen LogP contribution in [0.3, 0.4) is 0 Å². The van der Waals surface area contributed by atoms with Gasteiger partial charge in [0.1, 0.15) is 6.61 Å². The summed E-state index contributed by atoms with van der Waals surface area (Å²) in [6.07, 6.45) is 1.71. The summed E-state index contributed by atoms with van der Waals surface area (Å²) in [5, 5.41) is 9.45. The van der Waals surface area contributed by atoms with Crippen LogP contribution in [0.4, 0.5) is 0 Å². The molecule has 0 saturated heterocycles. The van der Waals surface area contributed by atoms with Crippen molar-refractivity contribution >= 4 is 45.3 Å². The van der Waals surface area contributed by atoms with Gasteiger partial charge in [-0.05, 0) is 84.2 Å². The minimum absolute atomic E-state index is 0.124. The number of carbonyl (C=O) groups excluding carboxylic acids is 2. The Morgan fingerprint density at radius 2 is 1.80 bits per heavy atom. The number of allylic oxidation sites excluding steroid dienone is 1. The van der Waals surface area contributed by atoms with Crippen LogP contribution in [0.15, 0.2) is 80.1 Å². The Balaban J connectivity index is 1.59. The van der Waals surface area contributed by atoms with Gasteiger partial charge in [0.05, 0.1) is 65.4 Å². The Labute approximate surface area is 305 Å². The minimum Gasteiger partial charge on any atom is -0.493 e. The predicted molar refractivity (Wildman–Crippen MR) is 192 cm³/mol.